The molecule has 0 saturated heterocycles. The predicted octanol–water partition coefficient (Wildman–Crippen LogP) is 1.56. The second-order valence-electron chi connectivity index (χ2n) is 4.35. The molecule has 0 aliphatic rings. The molecule has 6 heteroatoms. The van der Waals surface area contributed by atoms with Gasteiger partial charge in [0.15, 0.2) is 0 Å². The van der Waals surface area contributed by atoms with Crippen LogP contribution in [0, 0.1) is 0 Å². The van der Waals surface area contributed by atoms with Gasteiger partial charge >= 0.3 is 0 Å². The van der Waals surface area contributed by atoms with E-state index in [1.807, 2.05) is 29.8 Å². The van der Waals surface area contributed by atoms with Crippen LogP contribution in [-0.4, -0.2) is 25.2 Å². The molecule has 96 valence electrons. The van der Waals surface area contributed by atoms with Crippen molar-refractivity contribution in [2.45, 2.75) is 0 Å². The fourth-order valence-corrected chi connectivity index (χ4v) is 2.01. The van der Waals surface area contributed by atoms with Crippen molar-refractivity contribution in [3.05, 3.63) is 42.5 Å². The number of aryl methyl sites for hydroxylation is 2. The molecule has 3 aromatic rings. The molecule has 0 atom stereocenters. The topological polar surface area (TPSA) is 64.7 Å². The molecule has 0 fully saturated rings. The summed E-state index contributed by atoms with van der Waals surface area (Å²) in [6, 6.07) is 7.32. The number of hydrogen-bond acceptors (Lipinski definition) is 3. The quantitative estimate of drug-likeness (QED) is 0.755. The number of aromatic nitrogens is 4. The van der Waals surface area contributed by atoms with Crippen LogP contribution in [0.25, 0.3) is 11.0 Å². The Kier molecular flexibility index (Phi) is 2.56. The van der Waals surface area contributed by atoms with Crippen LogP contribution >= 0.6 is 0 Å². The molecule has 1 N–H and O–H groups in total. The van der Waals surface area contributed by atoms with Crippen LogP contribution in [0.15, 0.2) is 36.8 Å². The van der Waals surface area contributed by atoms with Crippen LogP contribution in [0.2, 0.25) is 0 Å². The Morgan fingerprint density at radius 1 is 1.26 bits per heavy atom. The number of amides is 1. The summed E-state index contributed by atoms with van der Waals surface area (Å²) in [7, 11) is 3.67. The Labute approximate surface area is 109 Å². The lowest BCUT2D eigenvalue weighted by Gasteiger charge is -2.05. The first-order chi connectivity index (χ1) is 9.15. The molecule has 0 saturated carbocycles. The number of imidazole rings is 1. The Bertz CT molecular complexity index is 755. The van der Waals surface area contributed by atoms with Gasteiger partial charge in [-0.05, 0) is 24.3 Å². The number of hydrogen-bond donors (Lipinski definition) is 1. The molecule has 0 radical (unpaired) electrons. The van der Waals surface area contributed by atoms with Crippen LogP contribution in [0.5, 0.6) is 0 Å². The number of nitrogens with one attached hydrogen (secondary N) is 1. The molecule has 0 spiro atoms. The predicted molar refractivity (Wildman–Crippen MR) is 71.9 cm³/mol. The summed E-state index contributed by atoms with van der Waals surface area (Å²) < 4.78 is 3.47. The molecule has 0 aliphatic carbocycles. The number of carbonyl (C=O) groups excluding carboxylic acids is 1. The number of nitrogens with zero attached hydrogens (tertiary/aromatic N) is 4. The Hall–Kier alpha value is -2.63. The number of anilines is 1. The van der Waals surface area contributed by atoms with Crippen LogP contribution < -0.4 is 5.32 Å². The zero-order valence-electron chi connectivity index (χ0n) is 10.7. The fourth-order valence-electron chi connectivity index (χ4n) is 2.01. The zero-order valence-corrected chi connectivity index (χ0v) is 10.7. The van der Waals surface area contributed by atoms with Gasteiger partial charge in [0.25, 0.3) is 5.91 Å². The third kappa shape index (κ3) is 1.97. The maximum absolute atomic E-state index is 12.0. The first kappa shape index (κ1) is 11.5. The van der Waals surface area contributed by atoms with Crippen molar-refractivity contribution in [2.75, 3.05) is 5.32 Å². The van der Waals surface area contributed by atoms with Crippen LogP contribution in [0.3, 0.4) is 0 Å². The summed E-state index contributed by atoms with van der Waals surface area (Å²) in [5, 5.41) is 6.81. The van der Waals surface area contributed by atoms with E-state index < -0.39 is 0 Å². The maximum atomic E-state index is 12.0. The van der Waals surface area contributed by atoms with Gasteiger partial charge in [-0.1, -0.05) is 0 Å². The smallest absolute Gasteiger partial charge is 0.273 e. The van der Waals surface area contributed by atoms with Crippen LogP contribution in [-0.2, 0) is 14.1 Å². The molecule has 1 amide bonds. The lowest BCUT2D eigenvalue weighted by Crippen LogP contribution is -2.15. The van der Waals surface area contributed by atoms with E-state index in [1.165, 1.54) is 4.68 Å². The fraction of sp³-hybridized carbons (Fsp3) is 0.154. The van der Waals surface area contributed by atoms with Gasteiger partial charge in [0.05, 0.1) is 17.4 Å². The standard InChI is InChI=1S/C13H13N5O/c1-17-8-14-10-7-9(3-4-11(10)17)16-13(19)12-5-6-15-18(12)2/h3-8H,1-2H3,(H,16,19). The molecule has 2 heterocycles. The van der Waals surface area contributed by atoms with Gasteiger partial charge in [-0.2, -0.15) is 5.10 Å². The van der Waals surface area contributed by atoms with Crippen LogP contribution in [0.4, 0.5) is 5.69 Å². The first-order valence-electron chi connectivity index (χ1n) is 5.85. The molecule has 0 bridgehead atoms. The van der Waals surface area contributed by atoms with Gasteiger partial charge in [0.1, 0.15) is 5.69 Å². The Balaban J connectivity index is 1.89. The summed E-state index contributed by atoms with van der Waals surface area (Å²) in [6.07, 6.45) is 3.34. The number of benzene rings is 1. The second kappa shape index (κ2) is 4.24. The van der Waals surface area contributed by atoms with E-state index in [0.29, 0.717) is 5.69 Å². The molecular formula is C13H13N5O. The van der Waals surface area contributed by atoms with Crippen molar-refractivity contribution in [1.29, 1.82) is 0 Å². The minimum atomic E-state index is -0.185. The summed E-state index contributed by atoms with van der Waals surface area (Å²) in [5.41, 5.74) is 3.11. The third-order valence-corrected chi connectivity index (χ3v) is 3.04. The third-order valence-electron chi connectivity index (χ3n) is 3.04. The summed E-state index contributed by atoms with van der Waals surface area (Å²) in [4.78, 5) is 16.3. The van der Waals surface area contributed by atoms with Gasteiger partial charge < -0.3 is 9.88 Å². The van der Waals surface area contributed by atoms with Gasteiger partial charge in [-0.3, -0.25) is 9.48 Å². The lowest BCUT2D eigenvalue weighted by atomic mass is 10.2. The van der Waals surface area contributed by atoms with Gasteiger partial charge in [-0.25, -0.2) is 4.98 Å². The summed E-state index contributed by atoms with van der Waals surface area (Å²) in [5.74, 6) is -0.185. The molecule has 3 rings (SSSR count). The molecular weight excluding hydrogens is 242 g/mol. The van der Waals surface area contributed by atoms with Crippen molar-refractivity contribution in [2.24, 2.45) is 14.1 Å². The maximum Gasteiger partial charge on any atom is 0.273 e. The van der Waals surface area contributed by atoms with Crippen molar-refractivity contribution in [1.82, 2.24) is 19.3 Å². The van der Waals surface area contributed by atoms with Crippen molar-refractivity contribution < 1.29 is 4.79 Å². The Morgan fingerprint density at radius 2 is 2.11 bits per heavy atom. The molecule has 0 unspecified atom stereocenters. The molecule has 2 aromatic heterocycles. The average molecular weight is 255 g/mol. The van der Waals surface area contributed by atoms with Gasteiger partial charge in [0, 0.05) is 26.0 Å². The number of carbonyl (C=O) groups is 1. The van der Waals surface area contributed by atoms with E-state index in [0.717, 1.165) is 16.7 Å². The molecule has 1 aromatic carbocycles. The monoisotopic (exact) mass is 255 g/mol. The highest BCUT2D eigenvalue weighted by atomic mass is 16.2. The first-order valence-corrected chi connectivity index (χ1v) is 5.85. The normalized spacial score (nSPS) is 10.8. The minimum absolute atomic E-state index is 0.185. The van der Waals surface area contributed by atoms with E-state index in [1.54, 1.807) is 25.6 Å². The average Bonchev–Trinajstić information content (AvgIpc) is 2.96. The Morgan fingerprint density at radius 3 is 2.84 bits per heavy atom. The van der Waals surface area contributed by atoms with E-state index in [4.69, 9.17) is 0 Å². The minimum Gasteiger partial charge on any atom is -0.334 e. The number of rotatable bonds is 2. The van der Waals surface area contributed by atoms with Crippen molar-refractivity contribution in [3.8, 4) is 0 Å². The SMILES string of the molecule is Cn1nccc1C(=O)Nc1ccc2c(c1)ncn2C. The summed E-state index contributed by atoms with van der Waals surface area (Å²) in [6.45, 7) is 0. The van der Waals surface area contributed by atoms with E-state index in [9.17, 15) is 4.79 Å². The van der Waals surface area contributed by atoms with Crippen molar-refractivity contribution in [3.63, 3.8) is 0 Å². The second-order valence-corrected chi connectivity index (χ2v) is 4.35. The largest absolute Gasteiger partial charge is 0.334 e. The van der Waals surface area contributed by atoms with Crippen molar-refractivity contribution >= 4 is 22.6 Å². The molecule has 0 aliphatic heterocycles. The van der Waals surface area contributed by atoms with E-state index in [-0.39, 0.29) is 5.91 Å². The highest BCUT2D eigenvalue weighted by molar-refractivity contribution is 6.03. The number of fused-ring (bicyclic) bond motifs is 1. The van der Waals surface area contributed by atoms with E-state index >= 15 is 0 Å². The van der Waals surface area contributed by atoms with Gasteiger partial charge in [0.2, 0.25) is 0 Å². The highest BCUT2D eigenvalue weighted by Gasteiger charge is 2.10. The summed E-state index contributed by atoms with van der Waals surface area (Å²) >= 11 is 0. The zero-order chi connectivity index (χ0) is 13.4. The molecule has 19 heavy (non-hydrogen) atoms. The highest BCUT2D eigenvalue weighted by Crippen LogP contribution is 2.17. The van der Waals surface area contributed by atoms with E-state index in [2.05, 4.69) is 15.4 Å². The lowest BCUT2D eigenvalue weighted by molar-refractivity contribution is 0.101. The van der Waals surface area contributed by atoms with Gasteiger partial charge in [-0.15, -0.1) is 0 Å². The molecule has 6 nitrogen and oxygen atoms in total. The van der Waals surface area contributed by atoms with Crippen LogP contribution in [0.1, 0.15) is 10.5 Å².